The highest BCUT2D eigenvalue weighted by atomic mass is 32.1. The number of hydrogen-bond acceptors (Lipinski definition) is 5. The lowest BCUT2D eigenvalue weighted by Crippen LogP contribution is -2.40. The summed E-state index contributed by atoms with van der Waals surface area (Å²) in [6.45, 7) is 5.50. The molecule has 1 fully saturated rings. The van der Waals surface area contributed by atoms with Crippen molar-refractivity contribution in [3.05, 3.63) is 106 Å². The van der Waals surface area contributed by atoms with E-state index in [1.807, 2.05) is 36.9 Å². The number of thiazole rings is 1. The molecule has 198 valence electrons. The molecule has 0 spiro atoms. The third kappa shape index (κ3) is 5.45. The van der Waals surface area contributed by atoms with Crippen LogP contribution in [0.5, 0.6) is 0 Å². The van der Waals surface area contributed by atoms with Gasteiger partial charge in [0, 0.05) is 42.1 Å². The van der Waals surface area contributed by atoms with Gasteiger partial charge >= 0.3 is 6.03 Å². The van der Waals surface area contributed by atoms with Crippen LogP contribution in [0.4, 0.5) is 10.5 Å². The Bertz CT molecular complexity index is 1510. The van der Waals surface area contributed by atoms with Crippen LogP contribution in [0.3, 0.4) is 0 Å². The maximum atomic E-state index is 12.9. The van der Waals surface area contributed by atoms with Crippen LogP contribution in [0, 0.1) is 13.8 Å². The number of piperidine rings is 1. The molecule has 0 bridgehead atoms. The molecule has 2 amide bonds. The standard InChI is InChI=1S/C32H32N4O2S/c1-21-12-13-22(2)27(18-21)34-32(37)36-16-14-24(15-17-36)31-33-29(20-39-31)28-19-30(38-35-28)26-11-7-6-10-25(26)23-8-4-3-5-9-23/h3-13,18,20,24,30H,14-17,19H2,1-2H3,(H,34,37). The van der Waals surface area contributed by atoms with Crippen LogP contribution in [-0.2, 0) is 4.84 Å². The third-order valence-corrected chi connectivity index (χ3v) is 8.65. The molecule has 3 aromatic carbocycles. The van der Waals surface area contributed by atoms with Crippen molar-refractivity contribution in [3.63, 3.8) is 0 Å². The van der Waals surface area contributed by atoms with Gasteiger partial charge in [0.15, 0.2) is 6.10 Å². The number of urea groups is 1. The zero-order valence-corrected chi connectivity index (χ0v) is 23.1. The summed E-state index contributed by atoms with van der Waals surface area (Å²) in [5.41, 5.74) is 8.39. The van der Waals surface area contributed by atoms with Crippen molar-refractivity contribution in [2.75, 3.05) is 18.4 Å². The Morgan fingerprint density at radius 2 is 1.77 bits per heavy atom. The highest BCUT2D eigenvalue weighted by Crippen LogP contribution is 2.37. The van der Waals surface area contributed by atoms with E-state index in [-0.39, 0.29) is 12.1 Å². The number of hydrogen-bond donors (Lipinski definition) is 1. The van der Waals surface area contributed by atoms with E-state index in [1.54, 1.807) is 11.3 Å². The van der Waals surface area contributed by atoms with Gasteiger partial charge in [-0.15, -0.1) is 11.3 Å². The number of rotatable bonds is 5. The molecule has 1 atom stereocenters. The minimum Gasteiger partial charge on any atom is -0.387 e. The van der Waals surface area contributed by atoms with Gasteiger partial charge in [0.2, 0.25) is 0 Å². The molecular formula is C32H32N4O2S. The van der Waals surface area contributed by atoms with Crippen LogP contribution >= 0.6 is 11.3 Å². The monoisotopic (exact) mass is 536 g/mol. The van der Waals surface area contributed by atoms with E-state index in [0.717, 1.165) is 64.7 Å². The van der Waals surface area contributed by atoms with Crippen LogP contribution in [0.1, 0.15) is 58.7 Å². The first kappa shape index (κ1) is 25.3. The topological polar surface area (TPSA) is 66.8 Å². The third-order valence-electron chi connectivity index (χ3n) is 7.65. The minimum atomic E-state index is -0.125. The van der Waals surface area contributed by atoms with E-state index in [1.165, 1.54) is 11.1 Å². The molecule has 1 N–H and O–H groups in total. The first-order valence-corrected chi connectivity index (χ1v) is 14.4. The smallest absolute Gasteiger partial charge is 0.321 e. The van der Waals surface area contributed by atoms with Gasteiger partial charge < -0.3 is 15.1 Å². The molecule has 1 aromatic heterocycles. The van der Waals surface area contributed by atoms with Gasteiger partial charge in [-0.05, 0) is 55.0 Å². The number of likely N-dealkylation sites (tertiary alicyclic amines) is 1. The number of anilines is 1. The summed E-state index contributed by atoms with van der Waals surface area (Å²) in [5.74, 6) is 0.353. The lowest BCUT2D eigenvalue weighted by molar-refractivity contribution is 0.0861. The fourth-order valence-corrected chi connectivity index (χ4v) is 6.36. The second-order valence-corrected chi connectivity index (χ2v) is 11.3. The van der Waals surface area contributed by atoms with Gasteiger partial charge in [0.05, 0.1) is 10.7 Å². The normalized spacial score (nSPS) is 17.5. The summed E-state index contributed by atoms with van der Waals surface area (Å²) in [7, 11) is 0. The Morgan fingerprint density at radius 3 is 2.59 bits per heavy atom. The van der Waals surface area contributed by atoms with Crippen LogP contribution in [0.2, 0.25) is 0 Å². The molecule has 2 aliphatic rings. The van der Waals surface area contributed by atoms with E-state index >= 15 is 0 Å². The molecule has 6 rings (SSSR count). The van der Waals surface area contributed by atoms with Crippen LogP contribution in [0.15, 0.2) is 83.3 Å². The van der Waals surface area contributed by atoms with Gasteiger partial charge in [-0.2, -0.15) is 0 Å². The molecule has 6 nitrogen and oxygen atoms in total. The van der Waals surface area contributed by atoms with Crippen LogP contribution in [0.25, 0.3) is 11.1 Å². The second kappa shape index (κ2) is 11.0. The van der Waals surface area contributed by atoms with E-state index in [0.29, 0.717) is 12.3 Å². The molecule has 3 heterocycles. The number of nitrogens with zero attached hydrogens (tertiary/aromatic N) is 3. The Kier molecular flexibility index (Phi) is 7.16. The summed E-state index contributed by atoms with van der Waals surface area (Å²) < 4.78 is 0. The summed E-state index contributed by atoms with van der Waals surface area (Å²) in [4.78, 5) is 25.7. The van der Waals surface area contributed by atoms with E-state index < -0.39 is 0 Å². The van der Waals surface area contributed by atoms with Crippen molar-refractivity contribution in [2.45, 2.75) is 45.1 Å². The van der Waals surface area contributed by atoms with Crippen molar-refractivity contribution in [1.82, 2.24) is 9.88 Å². The Morgan fingerprint density at radius 1 is 1.00 bits per heavy atom. The number of aromatic nitrogens is 1. The van der Waals surface area contributed by atoms with Crippen molar-refractivity contribution in [2.24, 2.45) is 5.16 Å². The zero-order chi connectivity index (χ0) is 26.8. The Balaban J connectivity index is 1.07. The largest absolute Gasteiger partial charge is 0.387 e. The zero-order valence-electron chi connectivity index (χ0n) is 22.3. The molecule has 0 saturated carbocycles. The molecule has 1 saturated heterocycles. The van der Waals surface area contributed by atoms with Crippen LogP contribution in [-0.4, -0.2) is 34.7 Å². The quantitative estimate of drug-likeness (QED) is 0.284. The number of carbonyl (C=O) groups excluding carboxylic acids is 1. The number of carbonyl (C=O) groups is 1. The van der Waals surface area contributed by atoms with Crippen molar-refractivity contribution >= 4 is 28.8 Å². The van der Waals surface area contributed by atoms with Gasteiger partial charge in [-0.1, -0.05) is 71.9 Å². The fourth-order valence-electron chi connectivity index (χ4n) is 5.36. The van der Waals surface area contributed by atoms with E-state index in [4.69, 9.17) is 9.82 Å². The minimum absolute atomic E-state index is 0.0266. The average molecular weight is 537 g/mol. The predicted molar refractivity (Wildman–Crippen MR) is 157 cm³/mol. The summed E-state index contributed by atoms with van der Waals surface area (Å²) in [6, 6.07) is 24.9. The SMILES string of the molecule is Cc1ccc(C)c(NC(=O)N2CCC(c3nc(C4=NOC(c5ccccc5-c5ccccc5)C4)cs3)CC2)c1. The number of nitrogens with one attached hydrogen (secondary N) is 1. The van der Waals surface area contributed by atoms with Gasteiger partial charge in [-0.25, -0.2) is 9.78 Å². The summed E-state index contributed by atoms with van der Waals surface area (Å²) in [5, 5.41) is 10.8. The molecule has 39 heavy (non-hydrogen) atoms. The fraction of sp³-hybridized carbons (Fsp3) is 0.281. The lowest BCUT2D eigenvalue weighted by atomic mass is 9.94. The van der Waals surface area contributed by atoms with Gasteiger partial charge in [0.25, 0.3) is 0 Å². The van der Waals surface area contributed by atoms with Crippen molar-refractivity contribution < 1.29 is 9.63 Å². The van der Waals surface area contributed by atoms with Gasteiger partial charge in [0.1, 0.15) is 5.71 Å². The highest BCUT2D eigenvalue weighted by molar-refractivity contribution is 7.10. The molecule has 0 aliphatic carbocycles. The number of benzene rings is 3. The van der Waals surface area contributed by atoms with Crippen molar-refractivity contribution in [1.29, 1.82) is 0 Å². The van der Waals surface area contributed by atoms with Crippen molar-refractivity contribution in [3.8, 4) is 11.1 Å². The lowest BCUT2D eigenvalue weighted by Gasteiger charge is -2.31. The Labute approximate surface area is 233 Å². The maximum Gasteiger partial charge on any atom is 0.321 e. The highest BCUT2D eigenvalue weighted by Gasteiger charge is 2.30. The molecule has 1 unspecified atom stereocenters. The summed E-state index contributed by atoms with van der Waals surface area (Å²) in [6.07, 6.45) is 2.39. The molecular weight excluding hydrogens is 504 g/mol. The van der Waals surface area contributed by atoms with Crippen LogP contribution < -0.4 is 5.32 Å². The predicted octanol–water partition coefficient (Wildman–Crippen LogP) is 7.70. The first-order chi connectivity index (χ1) is 19.0. The molecule has 0 radical (unpaired) electrons. The van der Waals surface area contributed by atoms with E-state index in [2.05, 4.69) is 70.4 Å². The first-order valence-electron chi connectivity index (χ1n) is 13.5. The molecule has 2 aliphatic heterocycles. The summed E-state index contributed by atoms with van der Waals surface area (Å²) >= 11 is 1.69. The molecule has 4 aromatic rings. The number of aryl methyl sites for hydroxylation is 2. The average Bonchev–Trinajstić information content (AvgIpc) is 3.66. The number of oxime groups is 1. The van der Waals surface area contributed by atoms with Gasteiger partial charge in [-0.3, -0.25) is 0 Å². The molecule has 7 heteroatoms. The number of amides is 2. The second-order valence-electron chi connectivity index (χ2n) is 10.4. The van der Waals surface area contributed by atoms with E-state index in [9.17, 15) is 4.79 Å². The Hall–Kier alpha value is -3.97. The maximum absolute atomic E-state index is 12.9.